The summed E-state index contributed by atoms with van der Waals surface area (Å²) < 4.78 is 17.3. The van der Waals surface area contributed by atoms with Gasteiger partial charge in [0.05, 0.1) is 12.2 Å². The Bertz CT molecular complexity index is 322. The van der Waals surface area contributed by atoms with E-state index in [9.17, 15) is 0 Å². The van der Waals surface area contributed by atoms with E-state index >= 15 is 0 Å². The van der Waals surface area contributed by atoms with Gasteiger partial charge in [-0.2, -0.15) is 0 Å². The Hall–Kier alpha value is -1.12. The van der Waals surface area contributed by atoms with E-state index in [4.69, 9.17) is 13.9 Å². The third-order valence-electron chi connectivity index (χ3n) is 2.94. The van der Waals surface area contributed by atoms with Crippen LogP contribution in [-0.4, -0.2) is 12.2 Å². The predicted molar refractivity (Wildman–Crippen MR) is 68.9 cm³/mol. The molecule has 0 aliphatic carbocycles. The van der Waals surface area contributed by atoms with Crippen molar-refractivity contribution in [2.75, 3.05) is 0 Å². The normalized spacial score (nSPS) is 14.5. The highest BCUT2D eigenvalue weighted by Gasteiger charge is 2.21. The summed E-state index contributed by atoms with van der Waals surface area (Å²) in [5.41, 5.74) is 0. The number of hydrogen-bond acceptors (Lipinski definition) is 3. The highest BCUT2D eigenvalue weighted by Crippen LogP contribution is 2.38. The van der Waals surface area contributed by atoms with Gasteiger partial charge in [-0.25, -0.2) is 0 Å². The molecule has 0 unspecified atom stereocenters. The lowest BCUT2D eigenvalue weighted by molar-refractivity contribution is 0.177. The van der Waals surface area contributed by atoms with Crippen molar-refractivity contribution >= 4 is 0 Å². The number of hydrogen-bond donors (Lipinski definition) is 0. The second kappa shape index (κ2) is 5.99. The van der Waals surface area contributed by atoms with Crippen molar-refractivity contribution in [1.82, 2.24) is 0 Å². The van der Waals surface area contributed by atoms with Crippen LogP contribution in [0.3, 0.4) is 0 Å². The molecule has 0 fully saturated rings. The standard InChI is InChI=1S/C14H24O3/c1-7-9(3)15-13-11(5)17-12(6)14(13)16-10(4)8-2/h9-10H,7-8H2,1-6H3/t9-,10-/m1/s1. The molecule has 0 amide bonds. The van der Waals surface area contributed by atoms with Crippen molar-refractivity contribution in [3.05, 3.63) is 11.5 Å². The van der Waals surface area contributed by atoms with E-state index < -0.39 is 0 Å². The summed E-state index contributed by atoms with van der Waals surface area (Å²) in [5.74, 6) is 3.11. The van der Waals surface area contributed by atoms with Crippen molar-refractivity contribution in [1.29, 1.82) is 0 Å². The molecule has 1 rings (SSSR count). The molecule has 1 aromatic rings. The van der Waals surface area contributed by atoms with E-state index in [0.29, 0.717) is 0 Å². The van der Waals surface area contributed by atoms with Crippen LogP contribution in [0.4, 0.5) is 0 Å². The van der Waals surface area contributed by atoms with Gasteiger partial charge in [0.15, 0.2) is 0 Å². The fourth-order valence-electron chi connectivity index (χ4n) is 1.48. The van der Waals surface area contributed by atoms with Crippen molar-refractivity contribution < 1.29 is 13.9 Å². The Morgan fingerprint density at radius 1 is 0.882 bits per heavy atom. The number of furan rings is 1. The van der Waals surface area contributed by atoms with Crippen LogP contribution >= 0.6 is 0 Å². The van der Waals surface area contributed by atoms with Gasteiger partial charge in [0, 0.05) is 0 Å². The topological polar surface area (TPSA) is 31.6 Å². The molecule has 0 aromatic carbocycles. The van der Waals surface area contributed by atoms with Crippen molar-refractivity contribution in [3.8, 4) is 11.5 Å². The van der Waals surface area contributed by atoms with Crippen molar-refractivity contribution in [3.63, 3.8) is 0 Å². The molecule has 0 bridgehead atoms. The monoisotopic (exact) mass is 240 g/mol. The van der Waals surface area contributed by atoms with Gasteiger partial charge in [0.25, 0.3) is 0 Å². The smallest absolute Gasteiger partial charge is 0.203 e. The Labute approximate surface area is 104 Å². The number of rotatable bonds is 6. The molecule has 0 aliphatic heterocycles. The van der Waals surface area contributed by atoms with Crippen LogP contribution in [0.2, 0.25) is 0 Å². The zero-order valence-corrected chi connectivity index (χ0v) is 11.8. The van der Waals surface area contributed by atoms with E-state index in [1.165, 1.54) is 0 Å². The first-order valence-corrected chi connectivity index (χ1v) is 6.42. The molecule has 0 radical (unpaired) electrons. The lowest BCUT2D eigenvalue weighted by Crippen LogP contribution is -2.14. The third kappa shape index (κ3) is 3.42. The molecule has 17 heavy (non-hydrogen) atoms. The molecular formula is C14H24O3. The minimum Gasteiger partial charge on any atom is -0.484 e. The quantitative estimate of drug-likeness (QED) is 0.745. The maximum absolute atomic E-state index is 5.87. The lowest BCUT2D eigenvalue weighted by Gasteiger charge is -2.16. The van der Waals surface area contributed by atoms with E-state index in [1.54, 1.807) is 0 Å². The number of ether oxygens (including phenoxy) is 2. The van der Waals surface area contributed by atoms with Gasteiger partial charge in [-0.05, 0) is 40.5 Å². The molecule has 0 aliphatic rings. The van der Waals surface area contributed by atoms with Crippen LogP contribution in [-0.2, 0) is 0 Å². The molecule has 1 aromatic heterocycles. The first-order valence-electron chi connectivity index (χ1n) is 6.42. The largest absolute Gasteiger partial charge is 0.484 e. The van der Waals surface area contributed by atoms with Crippen LogP contribution in [0.5, 0.6) is 11.5 Å². The van der Waals surface area contributed by atoms with Crippen molar-refractivity contribution in [2.45, 2.75) is 66.6 Å². The summed E-state index contributed by atoms with van der Waals surface area (Å²) >= 11 is 0. The molecule has 0 saturated carbocycles. The summed E-state index contributed by atoms with van der Waals surface area (Å²) in [7, 11) is 0. The van der Waals surface area contributed by atoms with Gasteiger partial charge in [-0.3, -0.25) is 0 Å². The maximum atomic E-state index is 5.87. The Morgan fingerprint density at radius 3 is 1.53 bits per heavy atom. The lowest BCUT2D eigenvalue weighted by atomic mass is 10.3. The van der Waals surface area contributed by atoms with Gasteiger partial charge in [-0.1, -0.05) is 13.8 Å². The zero-order valence-electron chi connectivity index (χ0n) is 11.8. The van der Waals surface area contributed by atoms with E-state index in [-0.39, 0.29) is 12.2 Å². The summed E-state index contributed by atoms with van der Waals surface area (Å²) in [5, 5.41) is 0. The summed E-state index contributed by atoms with van der Waals surface area (Å²) in [4.78, 5) is 0. The minimum atomic E-state index is 0.171. The number of aryl methyl sites for hydroxylation is 2. The second-order valence-electron chi connectivity index (χ2n) is 4.55. The SMILES string of the molecule is CC[C@@H](C)Oc1c(C)oc(C)c1O[C@H](C)CC. The molecule has 1 heterocycles. The molecule has 0 spiro atoms. The molecular weight excluding hydrogens is 216 g/mol. The van der Waals surface area contributed by atoms with E-state index in [1.807, 2.05) is 13.8 Å². The van der Waals surface area contributed by atoms with Crippen molar-refractivity contribution in [2.24, 2.45) is 0 Å². The Balaban J connectivity index is 2.93. The molecule has 3 heteroatoms. The average molecular weight is 240 g/mol. The van der Waals surface area contributed by atoms with Gasteiger partial charge >= 0.3 is 0 Å². The van der Waals surface area contributed by atoms with Crippen LogP contribution in [0.1, 0.15) is 52.1 Å². The summed E-state index contributed by atoms with van der Waals surface area (Å²) in [6.07, 6.45) is 2.27. The molecule has 3 nitrogen and oxygen atoms in total. The van der Waals surface area contributed by atoms with Crippen LogP contribution < -0.4 is 9.47 Å². The summed E-state index contributed by atoms with van der Waals surface area (Å²) in [6, 6.07) is 0. The minimum absolute atomic E-state index is 0.171. The van der Waals surface area contributed by atoms with E-state index in [2.05, 4.69) is 27.7 Å². The Morgan fingerprint density at radius 2 is 1.24 bits per heavy atom. The fraction of sp³-hybridized carbons (Fsp3) is 0.714. The zero-order chi connectivity index (χ0) is 13.0. The second-order valence-corrected chi connectivity index (χ2v) is 4.55. The maximum Gasteiger partial charge on any atom is 0.203 e. The summed E-state index contributed by atoms with van der Waals surface area (Å²) in [6.45, 7) is 12.1. The van der Waals surface area contributed by atoms with E-state index in [0.717, 1.165) is 35.9 Å². The first-order chi connectivity index (χ1) is 7.99. The highest BCUT2D eigenvalue weighted by molar-refractivity contribution is 5.45. The van der Waals surface area contributed by atoms with Crippen LogP contribution in [0, 0.1) is 13.8 Å². The fourth-order valence-corrected chi connectivity index (χ4v) is 1.48. The third-order valence-corrected chi connectivity index (χ3v) is 2.94. The van der Waals surface area contributed by atoms with Crippen LogP contribution in [0.15, 0.2) is 4.42 Å². The van der Waals surface area contributed by atoms with Gasteiger partial charge in [-0.15, -0.1) is 0 Å². The molecule has 0 saturated heterocycles. The highest BCUT2D eigenvalue weighted by atomic mass is 16.5. The van der Waals surface area contributed by atoms with Crippen LogP contribution in [0.25, 0.3) is 0 Å². The molecule has 2 atom stereocenters. The van der Waals surface area contributed by atoms with Gasteiger partial charge in [0.2, 0.25) is 11.5 Å². The van der Waals surface area contributed by atoms with Gasteiger partial charge in [0.1, 0.15) is 11.5 Å². The average Bonchev–Trinajstić information content (AvgIpc) is 2.55. The molecule has 98 valence electrons. The Kier molecular flexibility index (Phi) is 4.91. The van der Waals surface area contributed by atoms with Gasteiger partial charge < -0.3 is 13.9 Å². The predicted octanol–water partition coefficient (Wildman–Crippen LogP) is 4.25. The molecule has 0 N–H and O–H groups in total. The first kappa shape index (κ1) is 13.9.